The number of amidine groups is 1. The summed E-state index contributed by atoms with van der Waals surface area (Å²) in [6.07, 6.45) is 0. The molecule has 0 saturated carbocycles. The molecule has 1 rings (SSSR count). The van der Waals surface area contributed by atoms with Crippen LogP contribution in [0.15, 0.2) is 29.4 Å². The van der Waals surface area contributed by atoms with Crippen LogP contribution in [0.5, 0.6) is 0 Å². The number of nitrogens with zero attached hydrogens (tertiary/aromatic N) is 2. The van der Waals surface area contributed by atoms with E-state index >= 15 is 0 Å². The van der Waals surface area contributed by atoms with Gasteiger partial charge in [-0.2, -0.15) is 0 Å². The third kappa shape index (κ3) is 12.1. The number of benzene rings is 1. The van der Waals surface area contributed by atoms with E-state index in [2.05, 4.69) is 43.3 Å². The summed E-state index contributed by atoms with van der Waals surface area (Å²) in [6, 6.07) is 8.36. The monoisotopic (exact) mass is 327 g/mol. The Hall–Kier alpha value is -0.406. The largest absolute Gasteiger partial charge is 0.409 e. The number of rotatable bonds is 0. The third-order valence-corrected chi connectivity index (χ3v) is 2.22. The second kappa shape index (κ2) is 14.7. The van der Waals surface area contributed by atoms with E-state index in [1.54, 1.807) is 11.8 Å². The van der Waals surface area contributed by atoms with Gasteiger partial charge < -0.3 is 10.1 Å². The van der Waals surface area contributed by atoms with E-state index in [1.807, 2.05) is 27.9 Å². The van der Waals surface area contributed by atoms with Crippen LogP contribution in [0.4, 0.5) is 0 Å². The summed E-state index contributed by atoms with van der Waals surface area (Å²) in [5, 5.41) is 11.0. The fourth-order valence-electron chi connectivity index (χ4n) is 0.752. The van der Waals surface area contributed by atoms with Crippen LogP contribution >= 0.6 is 0 Å². The van der Waals surface area contributed by atoms with Crippen LogP contribution < -0.4 is 0 Å². The molecule has 0 amide bonds. The van der Waals surface area contributed by atoms with Crippen LogP contribution in [0, 0.1) is 13.8 Å². The van der Waals surface area contributed by atoms with E-state index in [9.17, 15) is 0 Å². The molecule has 0 fully saturated rings. The Kier molecular flexibility index (Phi) is 18.5. The molecule has 1 radical (unpaired) electrons. The van der Waals surface area contributed by atoms with Crippen molar-refractivity contribution >= 4 is 5.84 Å². The molecule has 0 aliphatic heterocycles. The Bertz CT molecular complexity index is 304. The average molecular weight is 327 g/mol. The Morgan fingerprint density at radius 2 is 1.39 bits per heavy atom. The summed E-state index contributed by atoms with van der Waals surface area (Å²) in [6.45, 7) is 9.96. The first-order valence-electron chi connectivity index (χ1n) is 5.87. The number of oxime groups is 1. The van der Waals surface area contributed by atoms with Crippen LogP contribution in [0.1, 0.15) is 31.9 Å². The van der Waals surface area contributed by atoms with E-state index in [0.717, 1.165) is 0 Å². The van der Waals surface area contributed by atoms with Crippen molar-refractivity contribution in [1.29, 1.82) is 0 Å². The Morgan fingerprint density at radius 1 is 1.06 bits per heavy atom. The van der Waals surface area contributed by atoms with Gasteiger partial charge in [0, 0.05) is 46.8 Å². The Balaban J connectivity index is -0.000000211. The maximum Gasteiger partial charge on any atom is 0.140 e. The fraction of sp³-hybridized carbons (Fsp3) is 0.500. The van der Waals surface area contributed by atoms with Crippen molar-refractivity contribution in [1.82, 2.24) is 4.90 Å². The normalized spacial score (nSPS) is 8.94. The molecule has 0 atom stereocenters. The molecule has 3 nitrogen and oxygen atoms in total. The fourth-order valence-corrected chi connectivity index (χ4v) is 0.752. The second-order valence-corrected chi connectivity index (χ2v) is 3.63. The quantitative estimate of drug-likeness (QED) is 0.341. The molecule has 0 unspecified atom stereocenters. The van der Waals surface area contributed by atoms with E-state index < -0.39 is 0 Å². The predicted molar refractivity (Wildman–Crippen MR) is 75.8 cm³/mol. The van der Waals surface area contributed by atoms with Crippen LogP contribution in [0.2, 0.25) is 0 Å². The van der Waals surface area contributed by atoms with Crippen LogP contribution in [0.25, 0.3) is 0 Å². The molecule has 18 heavy (non-hydrogen) atoms. The molecule has 101 valence electrons. The third-order valence-electron chi connectivity index (χ3n) is 2.22. The van der Waals surface area contributed by atoms with Crippen molar-refractivity contribution in [3.8, 4) is 0 Å². The minimum absolute atomic E-state index is 0. The van der Waals surface area contributed by atoms with Crippen LogP contribution in [-0.2, 0) is 32.7 Å². The first-order chi connectivity index (χ1) is 7.99. The molecule has 1 aromatic carbocycles. The minimum Gasteiger partial charge on any atom is -0.409 e. The summed E-state index contributed by atoms with van der Waals surface area (Å²) in [7, 11) is 3.63. The zero-order valence-electron chi connectivity index (χ0n) is 12.7. The van der Waals surface area contributed by atoms with Gasteiger partial charge in [0.05, 0.1) is 0 Å². The van der Waals surface area contributed by atoms with Gasteiger partial charge in [-0.05, 0) is 31.9 Å². The maximum atomic E-state index is 8.05. The molecular weight excluding hydrogens is 301 g/mol. The summed E-state index contributed by atoms with van der Waals surface area (Å²) < 4.78 is 0. The first-order valence-corrected chi connectivity index (χ1v) is 5.87. The van der Waals surface area contributed by atoms with Crippen molar-refractivity contribution in [2.24, 2.45) is 5.16 Å². The SMILES string of the molecule is C/C(=N/O)N(C)C.CC.Cc1ccccc1C.[Y]. The van der Waals surface area contributed by atoms with Gasteiger partial charge in [0.25, 0.3) is 0 Å². The Labute approximate surface area is 137 Å². The number of hydrogen-bond acceptors (Lipinski definition) is 2. The molecule has 0 bridgehead atoms. The number of aryl methyl sites for hydroxylation is 2. The molecular formula is C14H26N2OY. The van der Waals surface area contributed by atoms with Gasteiger partial charge in [0.1, 0.15) is 5.84 Å². The van der Waals surface area contributed by atoms with E-state index in [0.29, 0.717) is 5.84 Å². The van der Waals surface area contributed by atoms with Crippen LogP contribution in [0.3, 0.4) is 0 Å². The summed E-state index contributed by atoms with van der Waals surface area (Å²) >= 11 is 0. The maximum absolute atomic E-state index is 8.05. The van der Waals surface area contributed by atoms with Gasteiger partial charge >= 0.3 is 0 Å². The van der Waals surface area contributed by atoms with Gasteiger partial charge in [0.2, 0.25) is 0 Å². The zero-order valence-corrected chi connectivity index (χ0v) is 15.6. The molecule has 1 aromatic rings. The van der Waals surface area contributed by atoms with Gasteiger partial charge in [-0.3, -0.25) is 0 Å². The smallest absolute Gasteiger partial charge is 0.140 e. The van der Waals surface area contributed by atoms with Crippen molar-refractivity contribution in [2.45, 2.75) is 34.6 Å². The zero-order chi connectivity index (χ0) is 13.8. The molecule has 0 aliphatic rings. The molecule has 0 aromatic heterocycles. The summed E-state index contributed by atoms with van der Waals surface area (Å²) in [4.78, 5) is 1.72. The van der Waals surface area contributed by atoms with Crippen molar-refractivity contribution in [3.05, 3.63) is 35.4 Å². The Morgan fingerprint density at radius 3 is 1.50 bits per heavy atom. The molecule has 4 heteroatoms. The van der Waals surface area contributed by atoms with Gasteiger partial charge in [0.15, 0.2) is 0 Å². The molecule has 1 N–H and O–H groups in total. The minimum atomic E-state index is 0. The van der Waals surface area contributed by atoms with E-state index in [-0.39, 0.29) is 32.7 Å². The molecule has 0 heterocycles. The topological polar surface area (TPSA) is 35.8 Å². The second-order valence-electron chi connectivity index (χ2n) is 3.63. The number of hydrogen-bond donors (Lipinski definition) is 1. The van der Waals surface area contributed by atoms with E-state index in [4.69, 9.17) is 5.21 Å². The predicted octanol–water partition coefficient (Wildman–Crippen LogP) is 3.68. The first kappa shape index (κ1) is 22.7. The molecule has 0 saturated heterocycles. The van der Waals surface area contributed by atoms with Crippen LogP contribution in [-0.4, -0.2) is 30.0 Å². The molecule has 0 aliphatic carbocycles. The standard InChI is InChI=1S/C8H10.C4H10N2O.C2H6.Y/c1-7-5-3-4-6-8(7)2;1-4(5-7)6(2)3;1-2;/h3-6H,1-2H3;7H,1-3H3;1-2H3;/b;5-4-;;. The summed E-state index contributed by atoms with van der Waals surface area (Å²) in [5.74, 6) is 0.611. The van der Waals surface area contributed by atoms with Gasteiger partial charge in [-0.25, -0.2) is 0 Å². The van der Waals surface area contributed by atoms with Crippen molar-refractivity contribution in [2.75, 3.05) is 14.1 Å². The van der Waals surface area contributed by atoms with Crippen molar-refractivity contribution < 1.29 is 37.9 Å². The van der Waals surface area contributed by atoms with Crippen molar-refractivity contribution in [3.63, 3.8) is 0 Å². The molecule has 0 spiro atoms. The average Bonchev–Trinajstić information content (AvgIpc) is 2.35. The van der Waals surface area contributed by atoms with E-state index in [1.165, 1.54) is 11.1 Å². The van der Waals surface area contributed by atoms with Gasteiger partial charge in [-0.1, -0.05) is 43.3 Å². The van der Waals surface area contributed by atoms with Gasteiger partial charge in [-0.15, -0.1) is 0 Å². The summed E-state index contributed by atoms with van der Waals surface area (Å²) in [5.41, 5.74) is 2.74.